The lowest BCUT2D eigenvalue weighted by molar-refractivity contribution is 0.114. The second-order valence-electron chi connectivity index (χ2n) is 5.97. The number of halogens is 2. The summed E-state index contributed by atoms with van der Waals surface area (Å²) in [5, 5.41) is 21.0. The number of aliphatic hydroxyl groups is 1. The molecule has 0 unspecified atom stereocenters. The fourth-order valence-corrected chi connectivity index (χ4v) is 3.03. The van der Waals surface area contributed by atoms with E-state index in [1.807, 2.05) is 0 Å². The van der Waals surface area contributed by atoms with Crippen LogP contribution in [0.5, 0.6) is 0 Å². The molecule has 2 N–H and O–H groups in total. The monoisotopic (exact) mass is 354 g/mol. The van der Waals surface area contributed by atoms with Gasteiger partial charge in [0.05, 0.1) is 12.1 Å². The molecule has 1 heterocycles. The topological polar surface area (TPSA) is 78.4 Å². The zero-order chi connectivity index (χ0) is 17.3. The number of urea groups is 1. The lowest BCUT2D eigenvalue weighted by atomic mass is 10.1. The van der Waals surface area contributed by atoms with E-state index in [9.17, 15) is 18.7 Å². The number of carbonyl (C=O) groups is 1. The molecule has 1 aromatic heterocycles. The van der Waals surface area contributed by atoms with Crippen LogP contribution >= 0.6 is 11.3 Å². The Kier molecular flexibility index (Phi) is 4.46. The lowest BCUT2D eigenvalue weighted by Crippen LogP contribution is -2.38. The van der Waals surface area contributed by atoms with Crippen molar-refractivity contribution in [2.45, 2.75) is 24.9 Å². The molecular formula is C15H16F2N4O2S. The summed E-state index contributed by atoms with van der Waals surface area (Å²) in [6.45, 7) is 0.257. The molecule has 0 aliphatic heterocycles. The van der Waals surface area contributed by atoms with Crippen LogP contribution in [0.2, 0.25) is 0 Å². The maximum atomic E-state index is 13.2. The molecule has 1 aliphatic rings. The molecule has 24 heavy (non-hydrogen) atoms. The Morgan fingerprint density at radius 1 is 1.33 bits per heavy atom. The van der Waals surface area contributed by atoms with Crippen LogP contribution in [0.1, 0.15) is 23.4 Å². The summed E-state index contributed by atoms with van der Waals surface area (Å²) in [7, 11) is 1.59. The van der Waals surface area contributed by atoms with Gasteiger partial charge in [-0.2, -0.15) is 0 Å². The summed E-state index contributed by atoms with van der Waals surface area (Å²) >= 11 is 1.13. The maximum Gasteiger partial charge on any atom is 0.323 e. The lowest BCUT2D eigenvalue weighted by Gasteiger charge is -2.19. The van der Waals surface area contributed by atoms with E-state index in [1.54, 1.807) is 7.05 Å². The molecule has 6 nitrogen and oxygen atoms in total. The first-order chi connectivity index (χ1) is 11.3. The van der Waals surface area contributed by atoms with Crippen LogP contribution in [0, 0.1) is 11.6 Å². The third-order valence-electron chi connectivity index (χ3n) is 3.66. The van der Waals surface area contributed by atoms with Crippen molar-refractivity contribution in [1.82, 2.24) is 15.1 Å². The maximum absolute atomic E-state index is 13.2. The first-order valence-electron chi connectivity index (χ1n) is 7.35. The minimum Gasteiger partial charge on any atom is -0.388 e. The van der Waals surface area contributed by atoms with Crippen molar-refractivity contribution in [3.8, 4) is 0 Å². The van der Waals surface area contributed by atoms with Crippen LogP contribution in [0.15, 0.2) is 18.2 Å². The van der Waals surface area contributed by atoms with Gasteiger partial charge < -0.3 is 10.0 Å². The molecule has 1 aliphatic carbocycles. The van der Waals surface area contributed by atoms with Crippen LogP contribution in [0.3, 0.4) is 0 Å². The van der Waals surface area contributed by atoms with Crippen molar-refractivity contribution in [2.75, 3.05) is 18.9 Å². The molecule has 0 bridgehead atoms. The fraction of sp³-hybridized carbons (Fsp3) is 0.400. The number of nitrogens with one attached hydrogen (secondary N) is 1. The number of hydrogen-bond donors (Lipinski definition) is 2. The Hall–Kier alpha value is -2.13. The SMILES string of the molecule is CN(CC1(O)CC1)C(=O)Nc1nnc(Cc2cc(F)cc(F)c2)s1. The zero-order valence-electron chi connectivity index (χ0n) is 12.9. The Morgan fingerprint density at radius 2 is 2.00 bits per heavy atom. The van der Waals surface area contributed by atoms with Gasteiger partial charge in [0.25, 0.3) is 0 Å². The molecule has 1 saturated carbocycles. The number of hydrogen-bond acceptors (Lipinski definition) is 5. The van der Waals surface area contributed by atoms with Crippen LogP contribution in [-0.4, -0.2) is 45.4 Å². The van der Waals surface area contributed by atoms with E-state index >= 15 is 0 Å². The molecule has 0 spiro atoms. The van der Waals surface area contributed by atoms with Crippen LogP contribution in [0.4, 0.5) is 18.7 Å². The molecule has 0 atom stereocenters. The normalized spacial score (nSPS) is 15.2. The van der Waals surface area contributed by atoms with Gasteiger partial charge in [0.2, 0.25) is 5.13 Å². The highest BCUT2D eigenvalue weighted by Gasteiger charge is 2.42. The Labute approximate surface area is 141 Å². The Morgan fingerprint density at radius 3 is 2.62 bits per heavy atom. The third kappa shape index (κ3) is 4.24. The molecule has 0 saturated heterocycles. The largest absolute Gasteiger partial charge is 0.388 e. The van der Waals surface area contributed by atoms with E-state index in [-0.39, 0.29) is 13.0 Å². The van der Waals surface area contributed by atoms with Gasteiger partial charge in [-0.15, -0.1) is 10.2 Å². The molecule has 2 amide bonds. The van der Waals surface area contributed by atoms with Gasteiger partial charge in [0, 0.05) is 19.5 Å². The first-order valence-corrected chi connectivity index (χ1v) is 8.16. The highest BCUT2D eigenvalue weighted by molar-refractivity contribution is 7.15. The summed E-state index contributed by atoms with van der Waals surface area (Å²) in [4.78, 5) is 13.4. The molecule has 1 fully saturated rings. The van der Waals surface area contributed by atoms with Gasteiger partial charge in [0.15, 0.2) is 0 Å². The van der Waals surface area contributed by atoms with Crippen molar-refractivity contribution in [2.24, 2.45) is 0 Å². The highest BCUT2D eigenvalue weighted by atomic mass is 32.1. The van der Waals surface area contributed by atoms with Gasteiger partial charge in [-0.25, -0.2) is 13.6 Å². The van der Waals surface area contributed by atoms with Crippen LogP contribution in [-0.2, 0) is 6.42 Å². The summed E-state index contributed by atoms with van der Waals surface area (Å²) in [6.07, 6.45) is 1.60. The second kappa shape index (κ2) is 6.40. The predicted molar refractivity (Wildman–Crippen MR) is 84.9 cm³/mol. The Bertz CT molecular complexity index is 743. The van der Waals surface area contributed by atoms with Crippen molar-refractivity contribution in [1.29, 1.82) is 0 Å². The summed E-state index contributed by atoms with van der Waals surface area (Å²) in [6, 6.07) is 2.87. The average molecular weight is 354 g/mol. The van der Waals surface area contributed by atoms with Gasteiger partial charge in [0.1, 0.15) is 16.6 Å². The van der Waals surface area contributed by atoms with E-state index in [1.165, 1.54) is 17.0 Å². The van der Waals surface area contributed by atoms with E-state index in [0.29, 0.717) is 28.5 Å². The third-order valence-corrected chi connectivity index (χ3v) is 4.50. The van der Waals surface area contributed by atoms with Crippen molar-refractivity contribution in [3.05, 3.63) is 40.4 Å². The molecule has 0 radical (unpaired) electrons. The van der Waals surface area contributed by atoms with E-state index in [2.05, 4.69) is 15.5 Å². The minimum absolute atomic E-state index is 0.220. The molecule has 1 aromatic carbocycles. The van der Waals surface area contributed by atoms with Gasteiger partial charge >= 0.3 is 6.03 Å². The predicted octanol–water partition coefficient (Wildman–Crippen LogP) is 2.40. The van der Waals surface area contributed by atoms with Crippen LogP contribution in [0.25, 0.3) is 0 Å². The highest BCUT2D eigenvalue weighted by Crippen LogP contribution is 2.35. The number of carbonyl (C=O) groups excluding carboxylic acids is 1. The van der Waals surface area contributed by atoms with Crippen molar-refractivity contribution < 1.29 is 18.7 Å². The quantitative estimate of drug-likeness (QED) is 0.864. The Balaban J connectivity index is 1.59. The van der Waals surface area contributed by atoms with Gasteiger partial charge in [-0.3, -0.25) is 5.32 Å². The fourth-order valence-electron chi connectivity index (χ4n) is 2.27. The minimum atomic E-state index is -0.764. The van der Waals surface area contributed by atoms with Crippen molar-refractivity contribution in [3.63, 3.8) is 0 Å². The molecule has 3 rings (SSSR count). The smallest absolute Gasteiger partial charge is 0.323 e. The molecule has 9 heteroatoms. The van der Waals surface area contributed by atoms with E-state index < -0.39 is 23.3 Å². The number of rotatable bonds is 5. The summed E-state index contributed by atoms with van der Waals surface area (Å²) in [5.74, 6) is -1.30. The van der Waals surface area contributed by atoms with Crippen LogP contribution < -0.4 is 5.32 Å². The summed E-state index contributed by atoms with van der Waals surface area (Å²) in [5.41, 5.74) is -0.325. The number of aromatic nitrogens is 2. The van der Waals surface area contributed by atoms with E-state index in [4.69, 9.17) is 0 Å². The molecule has 128 valence electrons. The van der Waals surface area contributed by atoms with Gasteiger partial charge in [-0.1, -0.05) is 11.3 Å². The van der Waals surface area contributed by atoms with Gasteiger partial charge in [-0.05, 0) is 30.5 Å². The summed E-state index contributed by atoms with van der Waals surface area (Å²) < 4.78 is 26.4. The average Bonchev–Trinajstić information content (AvgIpc) is 3.03. The number of nitrogens with zero attached hydrogens (tertiary/aromatic N) is 3. The molecular weight excluding hydrogens is 338 g/mol. The number of benzene rings is 1. The molecule has 2 aromatic rings. The van der Waals surface area contributed by atoms with Crippen molar-refractivity contribution >= 4 is 22.5 Å². The standard InChI is InChI=1S/C15H16F2N4O2S/c1-21(8-15(23)2-3-15)14(22)18-13-20-19-12(24-13)6-9-4-10(16)7-11(17)5-9/h4-5,7,23H,2-3,6,8H2,1H3,(H,18,20,22). The number of amides is 2. The number of likely N-dealkylation sites (N-methyl/N-ethyl adjacent to an activating group) is 1. The zero-order valence-corrected chi connectivity index (χ0v) is 13.7. The first kappa shape index (κ1) is 16.7. The second-order valence-corrected chi connectivity index (χ2v) is 7.03. The number of anilines is 1. The van der Waals surface area contributed by atoms with E-state index in [0.717, 1.165) is 17.4 Å².